The molecule has 4 nitrogen and oxygen atoms in total. The summed E-state index contributed by atoms with van der Waals surface area (Å²) >= 11 is 37.1. The average Bonchev–Trinajstić information content (AvgIpc) is 2.84. The van der Waals surface area contributed by atoms with Crippen molar-refractivity contribution in [1.29, 1.82) is 0 Å². The van der Waals surface area contributed by atoms with Crippen molar-refractivity contribution in [2.24, 2.45) is 0 Å². The maximum Gasteiger partial charge on any atom is 0.198 e. The fourth-order valence-corrected chi connectivity index (χ4v) is 5.17. The van der Waals surface area contributed by atoms with Crippen LogP contribution in [0.2, 0.25) is 30.1 Å². The molecule has 0 heterocycles. The maximum absolute atomic E-state index is 13.9. The first-order valence-electron chi connectivity index (χ1n) is 10.3. The van der Waals surface area contributed by atoms with Crippen LogP contribution < -0.4 is 10.6 Å². The largest absolute Gasteiger partial charge is 0.354 e. The number of fused-ring (bicyclic) bond motifs is 2. The zero-order chi connectivity index (χ0) is 25.7. The van der Waals surface area contributed by atoms with Gasteiger partial charge in [0, 0.05) is 11.1 Å². The van der Waals surface area contributed by atoms with Gasteiger partial charge in [-0.3, -0.25) is 9.59 Å². The van der Waals surface area contributed by atoms with Crippen molar-refractivity contribution in [3.63, 3.8) is 0 Å². The van der Waals surface area contributed by atoms with Gasteiger partial charge in [-0.1, -0.05) is 93.9 Å². The van der Waals surface area contributed by atoms with Gasteiger partial charge in [0.1, 0.15) is 0 Å². The lowest BCUT2D eigenvalue weighted by molar-refractivity contribution is 0.0980. The molecule has 0 bridgehead atoms. The van der Waals surface area contributed by atoms with Crippen LogP contribution in [-0.2, 0) is 0 Å². The molecule has 1 aliphatic rings. The monoisotopic (exact) mass is 594 g/mol. The van der Waals surface area contributed by atoms with Crippen LogP contribution in [0.5, 0.6) is 0 Å². The molecule has 4 aromatic carbocycles. The molecular formula is C26H12Cl6N2O2. The molecule has 5 rings (SSSR count). The average molecular weight is 597 g/mol. The van der Waals surface area contributed by atoms with Crippen molar-refractivity contribution in [2.75, 3.05) is 10.6 Å². The first-order chi connectivity index (χ1) is 17.2. The van der Waals surface area contributed by atoms with Crippen LogP contribution in [0.15, 0.2) is 60.7 Å². The van der Waals surface area contributed by atoms with Gasteiger partial charge in [-0.15, -0.1) is 0 Å². The standard InChI is InChI=1S/C26H12Cl6N2O2/c27-13-7-17(31)21(9-15(13)29)33-19-5-1-3-11-23(19)26(36)24-12(25(11)35)4-2-6-20(24)34-22-10-16(30)14(28)8-18(22)32/h1-10,33-34H. The molecule has 0 unspecified atom stereocenters. The van der Waals surface area contributed by atoms with Crippen LogP contribution in [0, 0.1) is 0 Å². The minimum absolute atomic E-state index is 0.201. The smallest absolute Gasteiger partial charge is 0.198 e. The molecule has 0 radical (unpaired) electrons. The quantitative estimate of drug-likeness (QED) is 0.203. The highest BCUT2D eigenvalue weighted by Gasteiger charge is 2.34. The SMILES string of the molecule is O=C1c2cccc(Nc3cc(Cl)c(Cl)cc3Cl)c2C(=O)c2c(Nc3cc(Cl)c(Cl)cc3Cl)cccc21. The summed E-state index contributed by atoms with van der Waals surface area (Å²) in [5.74, 6) is -0.662. The van der Waals surface area contributed by atoms with Gasteiger partial charge in [0.25, 0.3) is 0 Å². The third-order valence-corrected chi connectivity index (χ3v) is 7.70. The molecule has 0 aromatic heterocycles. The van der Waals surface area contributed by atoms with Crippen LogP contribution in [0.4, 0.5) is 22.7 Å². The summed E-state index contributed by atoms with van der Waals surface area (Å²) in [5, 5.41) is 7.99. The van der Waals surface area contributed by atoms with E-state index in [4.69, 9.17) is 69.6 Å². The minimum Gasteiger partial charge on any atom is -0.354 e. The highest BCUT2D eigenvalue weighted by atomic mass is 35.5. The Morgan fingerprint density at radius 3 is 1.25 bits per heavy atom. The number of halogens is 6. The molecule has 0 amide bonds. The van der Waals surface area contributed by atoms with Crippen LogP contribution in [0.25, 0.3) is 0 Å². The van der Waals surface area contributed by atoms with Gasteiger partial charge in [-0.25, -0.2) is 0 Å². The Morgan fingerprint density at radius 2 is 0.833 bits per heavy atom. The van der Waals surface area contributed by atoms with Crippen molar-refractivity contribution in [3.05, 3.63) is 113 Å². The number of anilines is 4. The number of hydrogen-bond acceptors (Lipinski definition) is 4. The second-order valence-electron chi connectivity index (χ2n) is 7.86. The number of rotatable bonds is 4. The van der Waals surface area contributed by atoms with E-state index in [-0.39, 0.29) is 43.9 Å². The topological polar surface area (TPSA) is 58.2 Å². The third-order valence-electron chi connectivity index (χ3n) is 5.63. The van der Waals surface area contributed by atoms with Crippen molar-refractivity contribution in [3.8, 4) is 0 Å². The van der Waals surface area contributed by atoms with Crippen molar-refractivity contribution in [1.82, 2.24) is 0 Å². The number of benzene rings is 4. The lowest BCUT2D eigenvalue weighted by Gasteiger charge is -2.24. The molecule has 0 saturated carbocycles. The van der Waals surface area contributed by atoms with E-state index in [2.05, 4.69) is 10.6 Å². The zero-order valence-electron chi connectivity index (χ0n) is 17.9. The van der Waals surface area contributed by atoms with E-state index >= 15 is 0 Å². The third kappa shape index (κ3) is 4.43. The lowest BCUT2D eigenvalue weighted by Crippen LogP contribution is -2.23. The molecular weight excluding hydrogens is 585 g/mol. The number of nitrogens with one attached hydrogen (secondary N) is 2. The fraction of sp³-hybridized carbons (Fsp3) is 0. The highest BCUT2D eigenvalue weighted by Crippen LogP contribution is 2.41. The van der Waals surface area contributed by atoms with Crippen LogP contribution in [0.1, 0.15) is 31.8 Å². The number of carbonyl (C=O) groups excluding carboxylic acids is 2. The van der Waals surface area contributed by atoms with Gasteiger partial charge in [0.2, 0.25) is 0 Å². The Morgan fingerprint density at radius 1 is 0.444 bits per heavy atom. The van der Waals surface area contributed by atoms with Gasteiger partial charge in [0.05, 0.1) is 64.0 Å². The van der Waals surface area contributed by atoms with Crippen molar-refractivity contribution >= 4 is 104 Å². The van der Waals surface area contributed by atoms with E-state index in [1.165, 1.54) is 12.1 Å². The molecule has 1 aliphatic carbocycles. The Balaban J connectivity index is 1.61. The predicted octanol–water partition coefficient (Wildman–Crippen LogP) is 9.87. The van der Waals surface area contributed by atoms with E-state index in [0.717, 1.165) is 0 Å². The normalized spacial score (nSPS) is 12.3. The molecule has 2 N–H and O–H groups in total. The van der Waals surface area contributed by atoms with E-state index in [1.807, 2.05) is 0 Å². The van der Waals surface area contributed by atoms with Crippen molar-refractivity contribution < 1.29 is 9.59 Å². The summed E-state index contributed by atoms with van der Waals surface area (Å²) in [6, 6.07) is 16.0. The first-order valence-corrected chi connectivity index (χ1v) is 12.6. The first kappa shape index (κ1) is 25.2. The molecule has 0 aliphatic heterocycles. The van der Waals surface area contributed by atoms with Gasteiger partial charge in [-0.05, 0) is 36.4 Å². The van der Waals surface area contributed by atoms with Crippen LogP contribution >= 0.6 is 69.6 Å². The summed E-state index contributed by atoms with van der Waals surface area (Å²) in [7, 11) is 0. The van der Waals surface area contributed by atoms with Gasteiger partial charge >= 0.3 is 0 Å². The van der Waals surface area contributed by atoms with Gasteiger partial charge < -0.3 is 10.6 Å². The molecule has 36 heavy (non-hydrogen) atoms. The second kappa shape index (κ2) is 9.79. The van der Waals surface area contributed by atoms with Gasteiger partial charge in [-0.2, -0.15) is 0 Å². The minimum atomic E-state index is -0.363. The Bertz CT molecular complexity index is 1490. The molecule has 0 fully saturated rings. The van der Waals surface area contributed by atoms with Gasteiger partial charge in [0.15, 0.2) is 11.6 Å². The number of ketones is 2. The molecule has 0 saturated heterocycles. The molecule has 0 atom stereocenters. The van der Waals surface area contributed by atoms with E-state index in [9.17, 15) is 9.59 Å². The maximum atomic E-state index is 13.9. The Labute approximate surface area is 236 Å². The zero-order valence-corrected chi connectivity index (χ0v) is 22.4. The Hall–Kier alpha value is -2.44. The fourth-order valence-electron chi connectivity index (χ4n) is 3.98. The van der Waals surface area contributed by atoms with Crippen molar-refractivity contribution in [2.45, 2.75) is 0 Å². The summed E-state index contributed by atoms with van der Waals surface area (Å²) in [6.45, 7) is 0. The molecule has 4 aromatic rings. The van der Waals surface area contributed by atoms with Crippen LogP contribution in [0.3, 0.4) is 0 Å². The summed E-state index contributed by atoms with van der Waals surface area (Å²) in [6.07, 6.45) is 0. The number of carbonyl (C=O) groups is 2. The summed E-state index contributed by atoms with van der Waals surface area (Å²) in [4.78, 5) is 27.4. The highest BCUT2D eigenvalue weighted by molar-refractivity contribution is 6.45. The number of hydrogen-bond donors (Lipinski definition) is 2. The molecule has 0 spiro atoms. The Kier molecular flexibility index (Phi) is 6.86. The summed E-state index contributed by atoms with van der Waals surface area (Å²) < 4.78 is 0. The van der Waals surface area contributed by atoms with E-state index in [1.54, 1.807) is 48.5 Å². The molecule has 10 heteroatoms. The molecule has 180 valence electrons. The van der Waals surface area contributed by atoms with E-state index in [0.29, 0.717) is 42.8 Å². The predicted molar refractivity (Wildman–Crippen MR) is 149 cm³/mol. The summed E-state index contributed by atoms with van der Waals surface area (Å²) in [5.41, 5.74) is 2.56. The second-order valence-corrected chi connectivity index (χ2v) is 10.3. The van der Waals surface area contributed by atoms with Crippen LogP contribution in [-0.4, -0.2) is 11.6 Å². The van der Waals surface area contributed by atoms with E-state index < -0.39 is 0 Å². The lowest BCUT2D eigenvalue weighted by atomic mass is 9.82.